The second kappa shape index (κ2) is 9.39. The van der Waals surface area contributed by atoms with Gasteiger partial charge in [-0.25, -0.2) is 4.79 Å². The van der Waals surface area contributed by atoms with Crippen LogP contribution in [0.1, 0.15) is 11.3 Å². The Labute approximate surface area is 158 Å². The number of rotatable bonds is 8. The van der Waals surface area contributed by atoms with Crippen molar-refractivity contribution in [3.8, 4) is 0 Å². The standard InChI is InChI=1S/C16H18N2O6S2/c1-24-13(21)5-9-8-26-15(18-14(9)16(22)23)11(7-19)17-12(20)6-10-3-2-4-25-10/h2-4,7,11,15,18H,5-6,8H2,1H3,(H,17,20)(H,22,23)/t11-,15-/m1/s1. The molecule has 0 radical (unpaired) electrons. The fourth-order valence-electron chi connectivity index (χ4n) is 2.33. The SMILES string of the molecule is COC(=O)CC1=C(C(=O)O)N[C@@H]([C@@H](C=O)NC(=O)Cc2cccs2)SC1. The van der Waals surface area contributed by atoms with Gasteiger partial charge in [0.1, 0.15) is 23.4 Å². The molecule has 0 saturated carbocycles. The summed E-state index contributed by atoms with van der Waals surface area (Å²) in [5.41, 5.74) is 0.235. The van der Waals surface area contributed by atoms with Crippen molar-refractivity contribution >= 4 is 47.2 Å². The second-order valence-corrected chi connectivity index (χ2v) is 7.56. The van der Waals surface area contributed by atoms with Gasteiger partial charge in [-0.2, -0.15) is 0 Å². The Kier molecular flexibility index (Phi) is 7.22. The highest BCUT2D eigenvalue weighted by Crippen LogP contribution is 2.26. The predicted molar refractivity (Wildman–Crippen MR) is 96.7 cm³/mol. The molecular weight excluding hydrogens is 380 g/mol. The smallest absolute Gasteiger partial charge is 0.351 e. The van der Waals surface area contributed by atoms with E-state index in [0.29, 0.717) is 11.9 Å². The highest BCUT2D eigenvalue weighted by atomic mass is 32.2. The van der Waals surface area contributed by atoms with Gasteiger partial charge in [0.2, 0.25) is 5.91 Å². The van der Waals surface area contributed by atoms with E-state index in [1.54, 1.807) is 0 Å². The largest absolute Gasteiger partial charge is 0.477 e. The number of esters is 1. The Morgan fingerprint density at radius 2 is 2.23 bits per heavy atom. The van der Waals surface area contributed by atoms with Crippen molar-refractivity contribution in [1.29, 1.82) is 0 Å². The number of ether oxygens (including phenoxy) is 1. The van der Waals surface area contributed by atoms with E-state index in [2.05, 4.69) is 15.4 Å². The first-order chi connectivity index (χ1) is 12.4. The summed E-state index contributed by atoms with van der Waals surface area (Å²) < 4.78 is 4.56. The third kappa shape index (κ3) is 5.33. The normalized spacial score (nSPS) is 17.8. The molecule has 0 aromatic carbocycles. The molecule has 1 aliphatic heterocycles. The third-order valence-electron chi connectivity index (χ3n) is 3.59. The fourth-order valence-corrected chi connectivity index (χ4v) is 4.20. The lowest BCUT2D eigenvalue weighted by molar-refractivity contribution is -0.139. The first kappa shape index (κ1) is 20.0. The van der Waals surface area contributed by atoms with Crippen molar-refractivity contribution in [1.82, 2.24) is 10.6 Å². The highest BCUT2D eigenvalue weighted by Gasteiger charge is 2.32. The van der Waals surface area contributed by atoms with Gasteiger partial charge in [0.15, 0.2) is 0 Å². The summed E-state index contributed by atoms with van der Waals surface area (Å²) in [5, 5.41) is 15.9. The molecule has 1 aromatic heterocycles. The van der Waals surface area contributed by atoms with Gasteiger partial charge in [0.05, 0.1) is 20.0 Å². The van der Waals surface area contributed by atoms with Gasteiger partial charge in [-0.15, -0.1) is 23.1 Å². The van der Waals surface area contributed by atoms with Gasteiger partial charge >= 0.3 is 11.9 Å². The molecule has 26 heavy (non-hydrogen) atoms. The van der Waals surface area contributed by atoms with Crippen LogP contribution in [0, 0.1) is 0 Å². The van der Waals surface area contributed by atoms with E-state index in [4.69, 9.17) is 0 Å². The lowest BCUT2D eigenvalue weighted by Crippen LogP contribution is -2.52. The van der Waals surface area contributed by atoms with E-state index >= 15 is 0 Å². The molecule has 0 aliphatic carbocycles. The Balaban J connectivity index is 2.05. The van der Waals surface area contributed by atoms with Crippen LogP contribution in [-0.4, -0.2) is 53.5 Å². The molecule has 1 amide bonds. The number of carbonyl (C=O) groups excluding carboxylic acids is 3. The number of methoxy groups -OCH3 is 1. The Morgan fingerprint density at radius 3 is 2.81 bits per heavy atom. The number of carboxylic acid groups (broad SMARTS) is 1. The minimum Gasteiger partial charge on any atom is -0.477 e. The number of thioether (sulfide) groups is 1. The Morgan fingerprint density at radius 1 is 1.46 bits per heavy atom. The van der Waals surface area contributed by atoms with Crippen LogP contribution in [0.5, 0.6) is 0 Å². The van der Waals surface area contributed by atoms with E-state index in [9.17, 15) is 24.3 Å². The van der Waals surface area contributed by atoms with E-state index in [1.165, 1.54) is 30.2 Å². The zero-order valence-corrected chi connectivity index (χ0v) is 15.5. The average molecular weight is 398 g/mol. The van der Waals surface area contributed by atoms with E-state index < -0.39 is 23.4 Å². The molecule has 3 N–H and O–H groups in total. The molecule has 140 valence electrons. The summed E-state index contributed by atoms with van der Waals surface area (Å²) in [4.78, 5) is 47.3. The monoisotopic (exact) mass is 398 g/mol. The summed E-state index contributed by atoms with van der Waals surface area (Å²) in [6.07, 6.45) is 0.567. The molecular formula is C16H18N2O6S2. The van der Waals surface area contributed by atoms with Gasteiger partial charge in [0, 0.05) is 10.6 Å². The number of aldehydes is 1. The molecule has 0 fully saturated rings. The number of nitrogens with one attached hydrogen (secondary N) is 2. The van der Waals surface area contributed by atoms with Crippen LogP contribution < -0.4 is 10.6 Å². The number of aliphatic carboxylic acids is 1. The van der Waals surface area contributed by atoms with Crippen LogP contribution in [0.3, 0.4) is 0 Å². The number of hydrogen-bond acceptors (Lipinski definition) is 8. The fraction of sp³-hybridized carbons (Fsp3) is 0.375. The summed E-state index contributed by atoms with van der Waals surface area (Å²) in [6, 6.07) is 2.75. The zero-order chi connectivity index (χ0) is 19.1. The van der Waals surface area contributed by atoms with Crippen LogP contribution in [0.4, 0.5) is 0 Å². The predicted octanol–water partition coefficient (Wildman–Crippen LogP) is 0.539. The van der Waals surface area contributed by atoms with Crippen molar-refractivity contribution in [3.05, 3.63) is 33.7 Å². The maximum atomic E-state index is 12.1. The lowest BCUT2D eigenvalue weighted by atomic mass is 10.1. The van der Waals surface area contributed by atoms with Crippen LogP contribution in [0.25, 0.3) is 0 Å². The van der Waals surface area contributed by atoms with Gasteiger partial charge in [-0.3, -0.25) is 9.59 Å². The van der Waals surface area contributed by atoms with Gasteiger partial charge in [-0.05, 0) is 17.0 Å². The number of carboxylic acids is 1. The van der Waals surface area contributed by atoms with E-state index in [-0.39, 0.29) is 30.2 Å². The third-order valence-corrected chi connectivity index (χ3v) is 5.75. The topological polar surface area (TPSA) is 122 Å². The van der Waals surface area contributed by atoms with Crippen molar-refractivity contribution in [2.45, 2.75) is 24.3 Å². The summed E-state index contributed by atoms with van der Waals surface area (Å²) in [6.45, 7) is 0. The van der Waals surface area contributed by atoms with Crippen LogP contribution in [-0.2, 0) is 30.3 Å². The van der Waals surface area contributed by atoms with Gasteiger partial charge < -0.3 is 25.3 Å². The van der Waals surface area contributed by atoms with Gasteiger partial charge in [0.25, 0.3) is 0 Å². The average Bonchev–Trinajstić information content (AvgIpc) is 3.12. The molecule has 0 saturated heterocycles. The lowest BCUT2D eigenvalue weighted by Gasteiger charge is -2.30. The Hall–Kier alpha value is -2.33. The number of hydrogen-bond donors (Lipinski definition) is 3. The minimum atomic E-state index is -1.23. The molecule has 2 rings (SSSR count). The molecule has 2 atom stereocenters. The quantitative estimate of drug-likeness (QED) is 0.428. The molecule has 10 heteroatoms. The van der Waals surface area contributed by atoms with Crippen LogP contribution in [0.2, 0.25) is 0 Å². The summed E-state index contributed by atoms with van der Waals surface area (Å²) >= 11 is 2.68. The Bertz CT molecular complexity index is 716. The van der Waals surface area contributed by atoms with E-state index in [1.807, 2.05) is 17.5 Å². The highest BCUT2D eigenvalue weighted by molar-refractivity contribution is 8.00. The van der Waals surface area contributed by atoms with Crippen molar-refractivity contribution in [2.75, 3.05) is 12.9 Å². The maximum absolute atomic E-state index is 12.1. The van der Waals surface area contributed by atoms with Crippen molar-refractivity contribution in [3.63, 3.8) is 0 Å². The summed E-state index contributed by atoms with van der Waals surface area (Å²) in [7, 11) is 1.22. The minimum absolute atomic E-state index is 0.140. The number of amides is 1. The zero-order valence-electron chi connectivity index (χ0n) is 13.9. The second-order valence-electron chi connectivity index (χ2n) is 5.40. The molecule has 0 bridgehead atoms. The molecule has 0 unspecified atom stereocenters. The van der Waals surface area contributed by atoms with E-state index in [0.717, 1.165) is 4.88 Å². The van der Waals surface area contributed by atoms with Crippen LogP contribution >= 0.6 is 23.1 Å². The first-order valence-electron chi connectivity index (χ1n) is 7.62. The van der Waals surface area contributed by atoms with Crippen molar-refractivity contribution < 1.29 is 29.0 Å². The van der Waals surface area contributed by atoms with Crippen LogP contribution in [0.15, 0.2) is 28.8 Å². The van der Waals surface area contributed by atoms with Crippen molar-refractivity contribution in [2.24, 2.45) is 0 Å². The molecule has 2 heterocycles. The summed E-state index contributed by atoms with van der Waals surface area (Å²) in [5.74, 6) is -1.87. The van der Waals surface area contributed by atoms with Gasteiger partial charge in [-0.1, -0.05) is 6.07 Å². The first-order valence-corrected chi connectivity index (χ1v) is 9.54. The molecule has 1 aromatic rings. The number of carbonyl (C=O) groups is 4. The molecule has 0 spiro atoms. The molecule has 1 aliphatic rings. The number of thiophene rings is 1. The maximum Gasteiger partial charge on any atom is 0.351 e. The molecule has 8 nitrogen and oxygen atoms in total.